The first-order valence-corrected chi connectivity index (χ1v) is 7.74. The number of methoxy groups -OCH3 is 2. The standard InChI is InChI=1S/C16H17ClN4O3/c1-22-13-5-3-4-11(8-13)15(23-2)16-19-14(24-20-16)6-7-21-10-12(17)9-18-21/h3-5,8-10,15H,6-7H2,1-2H3. The molecule has 3 rings (SSSR count). The minimum absolute atomic E-state index is 0.420. The Bertz CT molecular complexity index is 802. The Hall–Kier alpha value is -2.38. The van der Waals surface area contributed by atoms with E-state index >= 15 is 0 Å². The van der Waals surface area contributed by atoms with Crippen molar-refractivity contribution in [2.45, 2.75) is 19.1 Å². The monoisotopic (exact) mass is 348 g/mol. The largest absolute Gasteiger partial charge is 0.497 e. The van der Waals surface area contributed by atoms with E-state index in [1.165, 1.54) is 0 Å². The molecule has 7 nitrogen and oxygen atoms in total. The highest BCUT2D eigenvalue weighted by atomic mass is 35.5. The third-order valence-corrected chi connectivity index (χ3v) is 3.70. The zero-order valence-electron chi connectivity index (χ0n) is 13.3. The Kier molecular flexibility index (Phi) is 5.12. The number of rotatable bonds is 7. The van der Waals surface area contributed by atoms with E-state index in [0.29, 0.717) is 29.7 Å². The summed E-state index contributed by atoms with van der Waals surface area (Å²) in [4.78, 5) is 4.42. The van der Waals surface area contributed by atoms with Crippen molar-refractivity contribution >= 4 is 11.6 Å². The Labute approximate surface area is 144 Å². The lowest BCUT2D eigenvalue weighted by molar-refractivity contribution is 0.126. The maximum Gasteiger partial charge on any atom is 0.228 e. The van der Waals surface area contributed by atoms with Gasteiger partial charge in [-0.2, -0.15) is 10.1 Å². The zero-order chi connectivity index (χ0) is 16.9. The van der Waals surface area contributed by atoms with Crippen LogP contribution in [-0.2, 0) is 17.7 Å². The molecule has 1 unspecified atom stereocenters. The van der Waals surface area contributed by atoms with Gasteiger partial charge in [0, 0.05) is 26.3 Å². The van der Waals surface area contributed by atoms with E-state index in [1.807, 2.05) is 24.3 Å². The first-order valence-electron chi connectivity index (χ1n) is 7.37. The molecule has 0 saturated carbocycles. The van der Waals surface area contributed by atoms with Crippen molar-refractivity contribution in [3.8, 4) is 5.75 Å². The third kappa shape index (κ3) is 3.74. The summed E-state index contributed by atoms with van der Waals surface area (Å²) in [6, 6.07) is 7.57. The van der Waals surface area contributed by atoms with E-state index in [1.54, 1.807) is 31.3 Å². The molecular weight excluding hydrogens is 332 g/mol. The fraction of sp³-hybridized carbons (Fsp3) is 0.312. The van der Waals surface area contributed by atoms with E-state index in [9.17, 15) is 0 Å². The second-order valence-corrected chi connectivity index (χ2v) is 5.55. The zero-order valence-corrected chi connectivity index (χ0v) is 14.1. The van der Waals surface area contributed by atoms with Crippen molar-refractivity contribution in [2.75, 3.05) is 14.2 Å². The molecule has 0 saturated heterocycles. The molecule has 3 aromatic rings. The van der Waals surface area contributed by atoms with Crippen LogP contribution in [0.2, 0.25) is 5.02 Å². The van der Waals surface area contributed by atoms with Gasteiger partial charge in [0.1, 0.15) is 11.9 Å². The molecule has 0 aliphatic carbocycles. The predicted octanol–water partition coefficient (Wildman–Crippen LogP) is 2.91. The highest BCUT2D eigenvalue weighted by molar-refractivity contribution is 6.30. The van der Waals surface area contributed by atoms with Crippen LogP contribution in [0, 0.1) is 0 Å². The van der Waals surface area contributed by atoms with Crippen molar-refractivity contribution < 1.29 is 14.0 Å². The van der Waals surface area contributed by atoms with E-state index in [4.69, 9.17) is 25.6 Å². The highest BCUT2D eigenvalue weighted by Crippen LogP contribution is 2.26. The van der Waals surface area contributed by atoms with Crippen LogP contribution in [0.25, 0.3) is 0 Å². The summed E-state index contributed by atoms with van der Waals surface area (Å²) >= 11 is 5.84. The average molecular weight is 349 g/mol. The fourth-order valence-electron chi connectivity index (χ4n) is 2.34. The van der Waals surface area contributed by atoms with Gasteiger partial charge in [0.2, 0.25) is 11.7 Å². The van der Waals surface area contributed by atoms with Gasteiger partial charge in [-0.3, -0.25) is 4.68 Å². The van der Waals surface area contributed by atoms with E-state index in [0.717, 1.165) is 11.3 Å². The smallest absolute Gasteiger partial charge is 0.228 e. The molecular formula is C16H17ClN4O3. The summed E-state index contributed by atoms with van der Waals surface area (Å²) in [5.41, 5.74) is 0.892. The number of hydrogen-bond acceptors (Lipinski definition) is 6. The summed E-state index contributed by atoms with van der Waals surface area (Å²) < 4.78 is 17.8. The summed E-state index contributed by atoms with van der Waals surface area (Å²) in [5.74, 6) is 1.73. The molecule has 1 aromatic carbocycles. The van der Waals surface area contributed by atoms with E-state index in [-0.39, 0.29) is 0 Å². The van der Waals surface area contributed by atoms with Gasteiger partial charge in [0.15, 0.2) is 0 Å². The third-order valence-electron chi connectivity index (χ3n) is 3.51. The van der Waals surface area contributed by atoms with Crippen molar-refractivity contribution in [1.29, 1.82) is 0 Å². The number of hydrogen-bond donors (Lipinski definition) is 0. The van der Waals surface area contributed by atoms with Gasteiger partial charge < -0.3 is 14.0 Å². The molecule has 0 aliphatic rings. The lowest BCUT2D eigenvalue weighted by atomic mass is 10.1. The molecule has 0 radical (unpaired) electrons. The Morgan fingerprint density at radius 1 is 1.33 bits per heavy atom. The molecule has 0 amide bonds. The first kappa shape index (κ1) is 16.5. The van der Waals surface area contributed by atoms with Crippen LogP contribution >= 0.6 is 11.6 Å². The molecule has 0 bridgehead atoms. The number of benzene rings is 1. The van der Waals surface area contributed by atoms with Crippen LogP contribution in [-0.4, -0.2) is 34.1 Å². The van der Waals surface area contributed by atoms with Crippen LogP contribution in [0.1, 0.15) is 23.4 Å². The molecule has 0 fully saturated rings. The molecule has 126 valence electrons. The molecule has 1 atom stereocenters. The quantitative estimate of drug-likeness (QED) is 0.653. The molecule has 0 aliphatic heterocycles. The topological polar surface area (TPSA) is 75.2 Å². The fourth-order valence-corrected chi connectivity index (χ4v) is 2.50. The van der Waals surface area contributed by atoms with Gasteiger partial charge >= 0.3 is 0 Å². The Balaban J connectivity index is 1.72. The van der Waals surface area contributed by atoms with Gasteiger partial charge in [0.25, 0.3) is 0 Å². The minimum atomic E-state index is -0.420. The van der Waals surface area contributed by atoms with Crippen molar-refractivity contribution in [2.24, 2.45) is 0 Å². The second kappa shape index (κ2) is 7.46. The molecule has 2 heterocycles. The number of ether oxygens (including phenoxy) is 2. The molecule has 24 heavy (non-hydrogen) atoms. The number of aryl methyl sites for hydroxylation is 2. The minimum Gasteiger partial charge on any atom is -0.497 e. The molecule has 0 N–H and O–H groups in total. The SMILES string of the molecule is COc1cccc(C(OC)c2noc(CCn3cc(Cl)cn3)n2)c1. The van der Waals surface area contributed by atoms with Gasteiger partial charge in [-0.15, -0.1) is 0 Å². The number of halogens is 1. The van der Waals surface area contributed by atoms with Crippen LogP contribution in [0.15, 0.2) is 41.2 Å². The van der Waals surface area contributed by atoms with Crippen molar-refractivity contribution in [3.05, 3.63) is 59.0 Å². The van der Waals surface area contributed by atoms with E-state index < -0.39 is 6.10 Å². The Morgan fingerprint density at radius 3 is 2.92 bits per heavy atom. The predicted molar refractivity (Wildman–Crippen MR) is 87.1 cm³/mol. The number of nitrogens with zero attached hydrogens (tertiary/aromatic N) is 4. The van der Waals surface area contributed by atoms with Gasteiger partial charge in [0.05, 0.1) is 18.3 Å². The summed E-state index contributed by atoms with van der Waals surface area (Å²) in [6.07, 6.45) is 3.47. The summed E-state index contributed by atoms with van der Waals surface area (Å²) in [5, 5.41) is 8.74. The second-order valence-electron chi connectivity index (χ2n) is 5.11. The van der Waals surface area contributed by atoms with Crippen molar-refractivity contribution in [1.82, 2.24) is 19.9 Å². The maximum absolute atomic E-state index is 5.84. The van der Waals surface area contributed by atoms with Gasteiger partial charge in [-0.25, -0.2) is 0 Å². The van der Waals surface area contributed by atoms with Gasteiger partial charge in [-0.05, 0) is 17.7 Å². The van der Waals surface area contributed by atoms with Crippen LogP contribution in [0.5, 0.6) is 5.75 Å². The van der Waals surface area contributed by atoms with Gasteiger partial charge in [-0.1, -0.05) is 28.9 Å². The normalized spacial score (nSPS) is 12.3. The maximum atomic E-state index is 5.84. The van der Waals surface area contributed by atoms with Crippen LogP contribution in [0.4, 0.5) is 0 Å². The molecule has 0 spiro atoms. The van der Waals surface area contributed by atoms with Crippen LogP contribution in [0.3, 0.4) is 0 Å². The summed E-state index contributed by atoms with van der Waals surface area (Å²) in [6.45, 7) is 0.602. The summed E-state index contributed by atoms with van der Waals surface area (Å²) in [7, 11) is 3.22. The molecule has 2 aromatic heterocycles. The van der Waals surface area contributed by atoms with E-state index in [2.05, 4.69) is 15.2 Å². The van der Waals surface area contributed by atoms with Crippen LogP contribution < -0.4 is 4.74 Å². The molecule has 8 heteroatoms. The lowest BCUT2D eigenvalue weighted by Crippen LogP contribution is -2.06. The Morgan fingerprint density at radius 2 is 2.21 bits per heavy atom. The van der Waals surface area contributed by atoms with Crippen molar-refractivity contribution in [3.63, 3.8) is 0 Å². The lowest BCUT2D eigenvalue weighted by Gasteiger charge is -2.12. The number of aromatic nitrogens is 4. The first-order chi connectivity index (χ1) is 11.7. The average Bonchev–Trinajstić information content (AvgIpc) is 3.23. The highest BCUT2D eigenvalue weighted by Gasteiger charge is 2.20.